The van der Waals surface area contributed by atoms with Crippen molar-refractivity contribution in [3.63, 3.8) is 0 Å². The standard InChI is InChI=1S/C17H25NOS/c1-12-6-5-7-13(8-12)15(20)18-17(4)10-14(19)9-16(2,3)11-17/h5-8,14,19H,9-11H2,1-4H3,(H,18,20)/t14-,17-/m0/s1. The Kier molecular flexibility index (Phi) is 4.22. The van der Waals surface area contributed by atoms with Crippen LogP contribution in [0.5, 0.6) is 0 Å². The monoisotopic (exact) mass is 291 g/mol. The van der Waals surface area contributed by atoms with Crippen LogP contribution in [0.1, 0.15) is 51.2 Å². The van der Waals surface area contributed by atoms with Crippen molar-refractivity contribution in [1.29, 1.82) is 0 Å². The largest absolute Gasteiger partial charge is 0.393 e. The van der Waals surface area contributed by atoms with E-state index in [2.05, 4.69) is 45.1 Å². The minimum absolute atomic E-state index is 0.137. The van der Waals surface area contributed by atoms with E-state index in [9.17, 15) is 5.11 Å². The highest BCUT2D eigenvalue weighted by atomic mass is 32.1. The quantitative estimate of drug-likeness (QED) is 0.817. The van der Waals surface area contributed by atoms with Gasteiger partial charge in [0.15, 0.2) is 0 Å². The van der Waals surface area contributed by atoms with Crippen LogP contribution in [-0.2, 0) is 0 Å². The Morgan fingerprint density at radius 3 is 2.60 bits per heavy atom. The van der Waals surface area contributed by atoms with Gasteiger partial charge in [0.05, 0.1) is 6.10 Å². The molecule has 0 heterocycles. The zero-order valence-corrected chi connectivity index (χ0v) is 13.7. The van der Waals surface area contributed by atoms with Gasteiger partial charge in [-0.2, -0.15) is 0 Å². The molecule has 1 aliphatic rings. The molecule has 110 valence electrons. The van der Waals surface area contributed by atoms with Crippen LogP contribution < -0.4 is 5.32 Å². The van der Waals surface area contributed by atoms with Crippen LogP contribution in [0.2, 0.25) is 0 Å². The molecular formula is C17H25NOS. The highest BCUT2D eigenvalue weighted by Crippen LogP contribution is 2.41. The molecule has 3 heteroatoms. The fourth-order valence-corrected chi connectivity index (χ4v) is 4.03. The highest BCUT2D eigenvalue weighted by Gasteiger charge is 2.41. The first-order valence-electron chi connectivity index (χ1n) is 7.26. The van der Waals surface area contributed by atoms with Crippen LogP contribution in [0.15, 0.2) is 24.3 Å². The predicted molar refractivity (Wildman–Crippen MR) is 88.1 cm³/mol. The van der Waals surface area contributed by atoms with Gasteiger partial charge in [-0.3, -0.25) is 0 Å². The van der Waals surface area contributed by atoms with Gasteiger partial charge in [0.1, 0.15) is 4.99 Å². The number of benzene rings is 1. The summed E-state index contributed by atoms with van der Waals surface area (Å²) in [7, 11) is 0. The lowest BCUT2D eigenvalue weighted by Crippen LogP contribution is -2.54. The fraction of sp³-hybridized carbons (Fsp3) is 0.588. The number of hydrogen-bond acceptors (Lipinski definition) is 2. The van der Waals surface area contributed by atoms with Gasteiger partial charge in [0.2, 0.25) is 0 Å². The first-order chi connectivity index (χ1) is 9.19. The van der Waals surface area contributed by atoms with Crippen LogP contribution in [0.3, 0.4) is 0 Å². The molecule has 0 radical (unpaired) electrons. The lowest BCUT2D eigenvalue weighted by Gasteiger charge is -2.46. The summed E-state index contributed by atoms with van der Waals surface area (Å²) in [6.07, 6.45) is 2.38. The molecule has 0 spiro atoms. The number of aliphatic hydroxyl groups is 1. The average molecular weight is 291 g/mol. The Morgan fingerprint density at radius 2 is 2.00 bits per heavy atom. The van der Waals surface area contributed by atoms with Crippen molar-refractivity contribution in [3.05, 3.63) is 35.4 Å². The first kappa shape index (κ1) is 15.5. The summed E-state index contributed by atoms with van der Waals surface area (Å²) in [4.78, 5) is 0.779. The zero-order chi connectivity index (χ0) is 15.0. The topological polar surface area (TPSA) is 32.3 Å². The molecule has 2 nitrogen and oxygen atoms in total. The van der Waals surface area contributed by atoms with Gasteiger partial charge in [-0.15, -0.1) is 0 Å². The molecule has 20 heavy (non-hydrogen) atoms. The predicted octanol–water partition coefficient (Wildman–Crippen LogP) is 3.59. The first-order valence-corrected chi connectivity index (χ1v) is 7.67. The van der Waals surface area contributed by atoms with Crippen LogP contribution in [-0.4, -0.2) is 21.7 Å². The minimum Gasteiger partial charge on any atom is -0.393 e. The molecule has 1 fully saturated rings. The molecule has 0 amide bonds. The van der Waals surface area contributed by atoms with Crippen LogP contribution in [0, 0.1) is 12.3 Å². The third-order valence-electron chi connectivity index (χ3n) is 4.04. The van der Waals surface area contributed by atoms with Crippen molar-refractivity contribution in [2.24, 2.45) is 5.41 Å². The maximum absolute atomic E-state index is 10.1. The smallest absolute Gasteiger partial charge is 0.107 e. The second-order valence-electron chi connectivity index (χ2n) is 7.29. The number of hydrogen-bond donors (Lipinski definition) is 2. The molecule has 0 saturated heterocycles. The maximum Gasteiger partial charge on any atom is 0.107 e. The summed E-state index contributed by atoms with van der Waals surface area (Å²) in [6, 6.07) is 8.24. The van der Waals surface area contributed by atoms with Gasteiger partial charge >= 0.3 is 0 Å². The molecule has 2 N–H and O–H groups in total. The van der Waals surface area contributed by atoms with Gasteiger partial charge in [-0.25, -0.2) is 0 Å². The Labute approximate surface area is 127 Å². The van der Waals surface area contributed by atoms with Crippen molar-refractivity contribution in [2.45, 2.75) is 58.6 Å². The summed E-state index contributed by atoms with van der Waals surface area (Å²) in [5, 5.41) is 13.6. The summed E-state index contributed by atoms with van der Waals surface area (Å²) < 4.78 is 0. The Balaban J connectivity index is 2.14. The Hall–Kier alpha value is -0.930. The molecule has 1 aromatic carbocycles. The number of nitrogens with one attached hydrogen (secondary N) is 1. The third kappa shape index (κ3) is 3.80. The molecule has 1 aromatic rings. The van der Waals surface area contributed by atoms with Crippen molar-refractivity contribution in [3.8, 4) is 0 Å². The molecule has 2 atom stereocenters. The number of rotatable bonds is 2. The third-order valence-corrected chi connectivity index (χ3v) is 4.38. The fourth-order valence-electron chi connectivity index (χ4n) is 3.66. The van der Waals surface area contributed by atoms with Gasteiger partial charge < -0.3 is 10.4 Å². The second kappa shape index (κ2) is 5.45. The Morgan fingerprint density at radius 1 is 1.30 bits per heavy atom. The van der Waals surface area contributed by atoms with E-state index in [1.165, 1.54) is 5.56 Å². The van der Waals surface area contributed by atoms with Crippen molar-refractivity contribution >= 4 is 17.2 Å². The summed E-state index contributed by atoms with van der Waals surface area (Å²) in [6.45, 7) is 8.66. The molecule has 0 unspecified atom stereocenters. The molecule has 1 saturated carbocycles. The van der Waals surface area contributed by atoms with Gasteiger partial charge in [-0.1, -0.05) is 49.8 Å². The van der Waals surface area contributed by atoms with Crippen molar-refractivity contribution in [1.82, 2.24) is 5.32 Å². The van der Waals surface area contributed by atoms with Crippen molar-refractivity contribution in [2.75, 3.05) is 0 Å². The molecule has 2 rings (SSSR count). The lowest BCUT2D eigenvalue weighted by molar-refractivity contribution is 0.0205. The van der Waals surface area contributed by atoms with E-state index in [0.717, 1.165) is 29.8 Å². The minimum atomic E-state index is -0.253. The molecular weight excluding hydrogens is 266 g/mol. The average Bonchev–Trinajstić information content (AvgIpc) is 2.24. The van der Waals surface area contributed by atoms with E-state index in [1.54, 1.807) is 0 Å². The van der Waals surface area contributed by atoms with E-state index in [-0.39, 0.29) is 17.1 Å². The van der Waals surface area contributed by atoms with Gasteiger partial charge in [0, 0.05) is 11.1 Å². The molecule has 1 aliphatic carbocycles. The summed E-state index contributed by atoms with van der Waals surface area (Å²) in [5.41, 5.74) is 2.27. The van der Waals surface area contributed by atoms with E-state index in [0.29, 0.717) is 0 Å². The van der Waals surface area contributed by atoms with E-state index in [4.69, 9.17) is 12.2 Å². The second-order valence-corrected chi connectivity index (χ2v) is 7.70. The van der Waals surface area contributed by atoms with E-state index >= 15 is 0 Å². The Bertz CT molecular complexity index is 511. The normalized spacial score (nSPS) is 28.9. The summed E-state index contributed by atoms with van der Waals surface area (Å²) >= 11 is 5.55. The van der Waals surface area contributed by atoms with Crippen LogP contribution >= 0.6 is 12.2 Å². The maximum atomic E-state index is 10.1. The lowest BCUT2D eigenvalue weighted by atomic mass is 9.67. The summed E-state index contributed by atoms with van der Waals surface area (Å²) in [5.74, 6) is 0. The molecule has 0 aliphatic heterocycles. The molecule has 0 aromatic heterocycles. The van der Waals surface area contributed by atoms with E-state index in [1.807, 2.05) is 12.1 Å². The molecule has 0 bridgehead atoms. The zero-order valence-electron chi connectivity index (χ0n) is 12.9. The van der Waals surface area contributed by atoms with E-state index < -0.39 is 0 Å². The highest BCUT2D eigenvalue weighted by molar-refractivity contribution is 7.80. The number of thiocarbonyl (C=S) groups is 1. The number of aliphatic hydroxyl groups excluding tert-OH is 1. The van der Waals surface area contributed by atoms with Crippen LogP contribution in [0.25, 0.3) is 0 Å². The van der Waals surface area contributed by atoms with Gasteiger partial charge in [-0.05, 0) is 44.6 Å². The van der Waals surface area contributed by atoms with Crippen LogP contribution in [0.4, 0.5) is 0 Å². The van der Waals surface area contributed by atoms with Gasteiger partial charge in [0.25, 0.3) is 0 Å². The number of aryl methyl sites for hydroxylation is 1. The van der Waals surface area contributed by atoms with Crippen molar-refractivity contribution < 1.29 is 5.11 Å². The SMILES string of the molecule is Cc1cccc(C(=S)N[C@@]2(C)C[C@@H](O)CC(C)(C)C2)c1.